The fourth-order valence-corrected chi connectivity index (χ4v) is 3.78. The number of ketones is 1. The first-order chi connectivity index (χ1) is 6.22. The standard InChI is InChI=1S/C12H16O/c1-8-2-3-10-6-11(13)9-4-5-12(8,10)7-9/h6,8-9H,2-5,7H2,1H3/t8-,9+,12-/m1/s1. The van der Waals surface area contributed by atoms with Crippen LogP contribution in [0.1, 0.15) is 39.0 Å². The van der Waals surface area contributed by atoms with Gasteiger partial charge in [-0.1, -0.05) is 12.5 Å². The Labute approximate surface area is 79.2 Å². The highest BCUT2D eigenvalue weighted by Gasteiger charge is 2.52. The summed E-state index contributed by atoms with van der Waals surface area (Å²) in [7, 11) is 0. The number of rotatable bonds is 0. The van der Waals surface area contributed by atoms with Crippen LogP contribution in [0.4, 0.5) is 0 Å². The molecule has 0 amide bonds. The van der Waals surface area contributed by atoms with Crippen molar-refractivity contribution >= 4 is 5.78 Å². The third kappa shape index (κ3) is 0.806. The molecule has 3 atom stereocenters. The second-order valence-corrected chi connectivity index (χ2v) is 5.11. The van der Waals surface area contributed by atoms with E-state index in [-0.39, 0.29) is 0 Å². The molecule has 0 N–H and O–H groups in total. The van der Waals surface area contributed by atoms with Gasteiger partial charge in [0.2, 0.25) is 0 Å². The minimum atomic E-state index is 0.393. The Morgan fingerprint density at radius 2 is 2.31 bits per heavy atom. The quantitative estimate of drug-likeness (QED) is 0.554. The van der Waals surface area contributed by atoms with Gasteiger partial charge in [0.1, 0.15) is 0 Å². The van der Waals surface area contributed by atoms with E-state index in [1.165, 1.54) is 31.3 Å². The Bertz CT molecular complexity index is 302. The van der Waals surface area contributed by atoms with Crippen molar-refractivity contribution in [2.24, 2.45) is 17.3 Å². The Kier molecular flexibility index (Phi) is 1.35. The Morgan fingerprint density at radius 1 is 1.46 bits per heavy atom. The lowest BCUT2D eigenvalue weighted by molar-refractivity contribution is -0.118. The van der Waals surface area contributed by atoms with Crippen molar-refractivity contribution in [3.05, 3.63) is 11.6 Å². The molecule has 0 radical (unpaired) electrons. The molecule has 3 rings (SSSR count). The molecule has 2 saturated carbocycles. The highest BCUT2D eigenvalue weighted by molar-refractivity contribution is 5.94. The van der Waals surface area contributed by atoms with Crippen molar-refractivity contribution in [3.63, 3.8) is 0 Å². The smallest absolute Gasteiger partial charge is 0.158 e. The lowest BCUT2D eigenvalue weighted by Crippen LogP contribution is -2.27. The largest absolute Gasteiger partial charge is 0.295 e. The topological polar surface area (TPSA) is 17.1 Å². The minimum Gasteiger partial charge on any atom is -0.295 e. The molecule has 0 heterocycles. The summed E-state index contributed by atoms with van der Waals surface area (Å²) in [6, 6.07) is 0. The first-order valence-electron chi connectivity index (χ1n) is 5.47. The molecule has 3 aliphatic rings. The average molecular weight is 176 g/mol. The van der Waals surface area contributed by atoms with Crippen LogP contribution < -0.4 is 0 Å². The van der Waals surface area contributed by atoms with Crippen molar-refractivity contribution < 1.29 is 4.79 Å². The van der Waals surface area contributed by atoms with Crippen LogP contribution in [0.15, 0.2) is 11.6 Å². The number of carbonyl (C=O) groups excluding carboxylic acids is 1. The van der Waals surface area contributed by atoms with Gasteiger partial charge in [0, 0.05) is 5.92 Å². The van der Waals surface area contributed by atoms with E-state index in [1.54, 1.807) is 0 Å². The van der Waals surface area contributed by atoms with E-state index >= 15 is 0 Å². The first kappa shape index (κ1) is 7.78. The highest BCUT2D eigenvalue weighted by Crippen LogP contribution is 2.61. The summed E-state index contributed by atoms with van der Waals surface area (Å²) in [5, 5.41) is 0. The van der Waals surface area contributed by atoms with Gasteiger partial charge >= 0.3 is 0 Å². The van der Waals surface area contributed by atoms with Gasteiger partial charge in [0.25, 0.3) is 0 Å². The summed E-state index contributed by atoms with van der Waals surface area (Å²) >= 11 is 0. The van der Waals surface area contributed by atoms with E-state index in [0.717, 1.165) is 12.3 Å². The van der Waals surface area contributed by atoms with Gasteiger partial charge in [-0.25, -0.2) is 0 Å². The van der Waals surface area contributed by atoms with Crippen LogP contribution >= 0.6 is 0 Å². The van der Waals surface area contributed by atoms with Crippen molar-refractivity contribution in [1.29, 1.82) is 0 Å². The predicted octanol–water partition coefficient (Wildman–Crippen LogP) is 2.71. The zero-order valence-corrected chi connectivity index (χ0v) is 8.18. The van der Waals surface area contributed by atoms with Gasteiger partial charge in [-0.3, -0.25) is 4.79 Å². The summed E-state index contributed by atoms with van der Waals surface area (Å²) in [5.41, 5.74) is 1.98. The van der Waals surface area contributed by atoms with Gasteiger partial charge in [-0.15, -0.1) is 0 Å². The Balaban J connectivity index is 2.12. The van der Waals surface area contributed by atoms with Gasteiger partial charge < -0.3 is 0 Å². The first-order valence-corrected chi connectivity index (χ1v) is 5.47. The predicted molar refractivity (Wildman–Crippen MR) is 51.3 cm³/mol. The summed E-state index contributed by atoms with van der Waals surface area (Å²) in [5.74, 6) is 1.65. The second kappa shape index (κ2) is 2.26. The van der Waals surface area contributed by atoms with E-state index in [4.69, 9.17) is 0 Å². The Morgan fingerprint density at radius 3 is 3.15 bits per heavy atom. The highest BCUT2D eigenvalue weighted by atomic mass is 16.1. The molecule has 0 aromatic heterocycles. The molecule has 3 aliphatic carbocycles. The molecule has 0 aromatic rings. The molecule has 0 saturated heterocycles. The average Bonchev–Trinajstić information content (AvgIpc) is 2.64. The maximum atomic E-state index is 11.6. The van der Waals surface area contributed by atoms with Gasteiger partial charge in [0.05, 0.1) is 0 Å². The molecule has 2 bridgehead atoms. The molecule has 0 aliphatic heterocycles. The zero-order chi connectivity index (χ0) is 9.05. The molecule has 1 nitrogen and oxygen atoms in total. The summed E-state index contributed by atoms with van der Waals surface area (Å²) in [6.07, 6.45) is 8.12. The van der Waals surface area contributed by atoms with Crippen molar-refractivity contribution in [1.82, 2.24) is 0 Å². The maximum absolute atomic E-state index is 11.6. The second-order valence-electron chi connectivity index (χ2n) is 5.11. The van der Waals surface area contributed by atoms with Crippen LogP contribution in [0.2, 0.25) is 0 Å². The Hall–Kier alpha value is -0.590. The monoisotopic (exact) mass is 176 g/mol. The summed E-state index contributed by atoms with van der Waals surface area (Å²) in [4.78, 5) is 11.6. The number of carbonyl (C=O) groups is 1. The van der Waals surface area contributed by atoms with Gasteiger partial charge in [-0.05, 0) is 49.5 Å². The van der Waals surface area contributed by atoms with E-state index in [0.29, 0.717) is 17.1 Å². The van der Waals surface area contributed by atoms with E-state index < -0.39 is 0 Å². The zero-order valence-electron chi connectivity index (χ0n) is 8.18. The molecule has 13 heavy (non-hydrogen) atoms. The minimum absolute atomic E-state index is 0.393. The van der Waals surface area contributed by atoms with Crippen molar-refractivity contribution in [2.45, 2.75) is 39.0 Å². The molecule has 2 fully saturated rings. The molecular weight excluding hydrogens is 160 g/mol. The lowest BCUT2D eigenvalue weighted by atomic mass is 9.71. The van der Waals surface area contributed by atoms with Crippen LogP contribution in [0, 0.1) is 17.3 Å². The van der Waals surface area contributed by atoms with Crippen molar-refractivity contribution in [2.75, 3.05) is 0 Å². The number of hydrogen-bond acceptors (Lipinski definition) is 1. The molecular formula is C12H16O. The van der Waals surface area contributed by atoms with E-state index in [9.17, 15) is 4.79 Å². The third-order valence-corrected chi connectivity index (χ3v) is 4.70. The van der Waals surface area contributed by atoms with E-state index in [2.05, 4.69) is 6.92 Å². The molecule has 0 aromatic carbocycles. The van der Waals surface area contributed by atoms with E-state index in [1.807, 2.05) is 6.08 Å². The van der Waals surface area contributed by atoms with Crippen LogP contribution in [0.3, 0.4) is 0 Å². The normalized spacial score (nSPS) is 47.8. The van der Waals surface area contributed by atoms with Crippen molar-refractivity contribution in [3.8, 4) is 0 Å². The lowest BCUT2D eigenvalue weighted by Gasteiger charge is -2.33. The SMILES string of the molecule is C[C@@H]1CCC2=CC(=O)[C@H]3CC[C@]21C3. The molecule has 1 heteroatoms. The fraction of sp³-hybridized carbons (Fsp3) is 0.750. The summed E-state index contributed by atoms with van der Waals surface area (Å²) in [6.45, 7) is 2.37. The fourth-order valence-electron chi connectivity index (χ4n) is 3.78. The van der Waals surface area contributed by atoms with Crippen LogP contribution in [-0.4, -0.2) is 5.78 Å². The number of allylic oxidation sites excluding steroid dienone is 2. The number of hydrogen-bond donors (Lipinski definition) is 0. The maximum Gasteiger partial charge on any atom is 0.158 e. The van der Waals surface area contributed by atoms with Crippen LogP contribution in [0.5, 0.6) is 0 Å². The third-order valence-electron chi connectivity index (χ3n) is 4.70. The molecule has 70 valence electrons. The van der Waals surface area contributed by atoms with Crippen LogP contribution in [0.25, 0.3) is 0 Å². The van der Waals surface area contributed by atoms with Crippen LogP contribution in [-0.2, 0) is 4.79 Å². The molecule has 1 spiro atoms. The van der Waals surface area contributed by atoms with Gasteiger partial charge in [-0.2, -0.15) is 0 Å². The molecule has 0 unspecified atom stereocenters. The summed E-state index contributed by atoms with van der Waals surface area (Å²) < 4.78 is 0. The number of fused-ring (bicyclic) bond motifs is 1. The van der Waals surface area contributed by atoms with Gasteiger partial charge in [0.15, 0.2) is 5.78 Å².